The Hall–Kier alpha value is -4.44. The van der Waals surface area contributed by atoms with Gasteiger partial charge in [0, 0.05) is 11.1 Å². The number of hydrogen-bond donors (Lipinski definition) is 2. The predicted octanol–water partition coefficient (Wildman–Crippen LogP) is 4.47. The van der Waals surface area contributed by atoms with Crippen LogP contribution in [0.15, 0.2) is 72.1 Å². The van der Waals surface area contributed by atoms with E-state index >= 15 is 0 Å². The number of rotatable bonds is 4. The quantitative estimate of drug-likeness (QED) is 0.501. The highest BCUT2D eigenvalue weighted by Gasteiger charge is 2.37. The van der Waals surface area contributed by atoms with E-state index in [0.29, 0.717) is 17.4 Å². The lowest BCUT2D eigenvalue weighted by atomic mass is 9.82. The van der Waals surface area contributed by atoms with Gasteiger partial charge in [-0.25, -0.2) is 0 Å². The Morgan fingerprint density at radius 2 is 1.88 bits per heavy atom. The molecule has 0 fully saturated rings. The van der Waals surface area contributed by atoms with Gasteiger partial charge in [0.25, 0.3) is 0 Å². The summed E-state index contributed by atoms with van der Waals surface area (Å²) in [7, 11) is 3.18. The number of nitrogens with one attached hydrogen (secondary N) is 1. The third kappa shape index (κ3) is 2.93. The van der Waals surface area contributed by atoms with E-state index in [0.717, 1.165) is 33.2 Å². The third-order valence-corrected chi connectivity index (χ3v) is 5.75. The second kappa shape index (κ2) is 7.67. The van der Waals surface area contributed by atoms with E-state index in [4.69, 9.17) is 19.9 Å². The molecule has 5 rings (SSSR count). The molecule has 0 spiro atoms. The van der Waals surface area contributed by atoms with Gasteiger partial charge in [0.1, 0.15) is 23.1 Å². The van der Waals surface area contributed by atoms with Crippen LogP contribution in [0.2, 0.25) is 0 Å². The van der Waals surface area contributed by atoms with Crippen LogP contribution in [0, 0.1) is 11.3 Å². The number of hydrogen-bond acceptors (Lipinski definition) is 6. The fraction of sp³-hybridized carbons (Fsp3) is 0.120. The van der Waals surface area contributed by atoms with Crippen molar-refractivity contribution in [3.05, 3.63) is 83.2 Å². The number of nitrogens with zero attached hydrogens (tertiary/aromatic N) is 2. The Labute approximate surface area is 184 Å². The van der Waals surface area contributed by atoms with Crippen LogP contribution in [-0.4, -0.2) is 24.4 Å². The number of aromatic nitrogens is 2. The SMILES string of the molecule is COc1ccc(OC)c([C@@H]2C(C#N)=C(N)Oc3n[nH]c(-c4cccc5ccccc45)c32)c1. The summed E-state index contributed by atoms with van der Waals surface area (Å²) in [4.78, 5) is 0. The summed E-state index contributed by atoms with van der Waals surface area (Å²) < 4.78 is 16.8. The van der Waals surface area contributed by atoms with Gasteiger partial charge in [-0.1, -0.05) is 42.5 Å². The van der Waals surface area contributed by atoms with Crippen LogP contribution < -0.4 is 19.9 Å². The number of H-pyrrole nitrogens is 1. The maximum Gasteiger partial charge on any atom is 0.244 e. The van der Waals surface area contributed by atoms with Crippen LogP contribution in [0.25, 0.3) is 22.0 Å². The first-order chi connectivity index (χ1) is 15.7. The number of allylic oxidation sites excluding steroid dienone is 1. The fourth-order valence-corrected chi connectivity index (χ4v) is 4.27. The van der Waals surface area contributed by atoms with Crippen LogP contribution in [0.4, 0.5) is 0 Å². The summed E-state index contributed by atoms with van der Waals surface area (Å²) in [6, 6.07) is 21.9. The average molecular weight is 424 g/mol. The summed E-state index contributed by atoms with van der Waals surface area (Å²) in [6.07, 6.45) is 0. The first-order valence-electron chi connectivity index (χ1n) is 10.0. The summed E-state index contributed by atoms with van der Waals surface area (Å²) in [6.45, 7) is 0. The van der Waals surface area contributed by atoms with Crippen LogP contribution >= 0.6 is 0 Å². The first kappa shape index (κ1) is 19.5. The average Bonchev–Trinajstić information content (AvgIpc) is 3.25. The number of ether oxygens (including phenoxy) is 3. The normalized spacial score (nSPS) is 15.1. The Bertz CT molecular complexity index is 1410. The molecule has 2 heterocycles. The number of aromatic amines is 1. The van der Waals surface area contributed by atoms with E-state index in [9.17, 15) is 5.26 Å². The van der Waals surface area contributed by atoms with Crippen molar-refractivity contribution in [2.45, 2.75) is 5.92 Å². The molecule has 0 saturated carbocycles. The summed E-state index contributed by atoms with van der Waals surface area (Å²) in [5, 5.41) is 19.7. The molecule has 0 aliphatic carbocycles. The Balaban J connectivity index is 1.81. The summed E-state index contributed by atoms with van der Waals surface area (Å²) >= 11 is 0. The molecule has 0 bridgehead atoms. The zero-order chi connectivity index (χ0) is 22.2. The van der Waals surface area contributed by atoms with Gasteiger partial charge in [-0.05, 0) is 29.0 Å². The fourth-order valence-electron chi connectivity index (χ4n) is 4.27. The van der Waals surface area contributed by atoms with Crippen LogP contribution in [-0.2, 0) is 0 Å². The molecule has 158 valence electrons. The van der Waals surface area contributed by atoms with Crippen molar-refractivity contribution in [1.82, 2.24) is 10.2 Å². The minimum Gasteiger partial charge on any atom is -0.497 e. The van der Waals surface area contributed by atoms with Crippen molar-refractivity contribution in [3.63, 3.8) is 0 Å². The van der Waals surface area contributed by atoms with E-state index in [2.05, 4.69) is 34.5 Å². The smallest absolute Gasteiger partial charge is 0.244 e. The second-order valence-electron chi connectivity index (χ2n) is 7.38. The van der Waals surface area contributed by atoms with Gasteiger partial charge >= 0.3 is 0 Å². The highest BCUT2D eigenvalue weighted by Crippen LogP contribution is 2.49. The lowest BCUT2D eigenvalue weighted by Crippen LogP contribution is -2.21. The van der Waals surface area contributed by atoms with Gasteiger partial charge in [0.05, 0.1) is 31.4 Å². The van der Waals surface area contributed by atoms with Crippen molar-refractivity contribution in [2.24, 2.45) is 5.73 Å². The highest BCUT2D eigenvalue weighted by atomic mass is 16.5. The molecule has 0 amide bonds. The molecule has 1 aliphatic rings. The molecule has 4 aromatic rings. The molecule has 0 saturated heterocycles. The Morgan fingerprint density at radius 1 is 1.06 bits per heavy atom. The largest absolute Gasteiger partial charge is 0.497 e. The standard InChI is InChI=1S/C25H20N4O3/c1-30-15-10-11-20(31-2)18(12-15)21-19(13-26)24(27)32-25-22(21)23(28-29-25)17-9-5-7-14-6-3-4-8-16(14)17/h3-12,21H,27H2,1-2H3,(H,28,29)/t21-/m1/s1. The summed E-state index contributed by atoms with van der Waals surface area (Å²) in [5.74, 6) is 1.04. The molecule has 32 heavy (non-hydrogen) atoms. The molecule has 0 radical (unpaired) electrons. The highest BCUT2D eigenvalue weighted by molar-refractivity contribution is 5.97. The van der Waals surface area contributed by atoms with Crippen molar-refractivity contribution >= 4 is 10.8 Å². The van der Waals surface area contributed by atoms with Crippen LogP contribution in [0.1, 0.15) is 17.0 Å². The van der Waals surface area contributed by atoms with Gasteiger partial charge in [0.2, 0.25) is 11.8 Å². The minimum absolute atomic E-state index is 0.0193. The molecule has 7 heteroatoms. The molecular formula is C25H20N4O3. The van der Waals surface area contributed by atoms with Gasteiger partial charge in [-0.3, -0.25) is 5.10 Å². The molecule has 1 aliphatic heterocycles. The molecule has 3 aromatic carbocycles. The molecular weight excluding hydrogens is 404 g/mol. The molecule has 3 N–H and O–H groups in total. The Kier molecular flexibility index (Phi) is 4.68. The first-order valence-corrected chi connectivity index (χ1v) is 10.0. The lowest BCUT2D eigenvalue weighted by molar-refractivity contribution is 0.373. The van der Waals surface area contributed by atoms with Crippen LogP contribution in [0.5, 0.6) is 17.4 Å². The van der Waals surface area contributed by atoms with Gasteiger partial charge < -0.3 is 19.9 Å². The lowest BCUT2D eigenvalue weighted by Gasteiger charge is -2.26. The monoisotopic (exact) mass is 424 g/mol. The van der Waals surface area contributed by atoms with Crippen molar-refractivity contribution in [1.29, 1.82) is 5.26 Å². The molecule has 7 nitrogen and oxygen atoms in total. The van der Waals surface area contributed by atoms with Crippen LogP contribution in [0.3, 0.4) is 0 Å². The van der Waals surface area contributed by atoms with Crippen molar-refractivity contribution in [2.75, 3.05) is 14.2 Å². The van der Waals surface area contributed by atoms with E-state index in [1.165, 1.54) is 0 Å². The topological polar surface area (TPSA) is 106 Å². The summed E-state index contributed by atoms with van der Waals surface area (Å²) in [5.41, 5.74) is 9.59. The number of nitriles is 1. The number of fused-ring (bicyclic) bond motifs is 2. The van der Waals surface area contributed by atoms with Crippen molar-refractivity contribution in [3.8, 4) is 34.7 Å². The minimum atomic E-state index is -0.554. The number of methoxy groups -OCH3 is 2. The predicted molar refractivity (Wildman–Crippen MR) is 120 cm³/mol. The van der Waals surface area contributed by atoms with Gasteiger partial charge in [0.15, 0.2) is 0 Å². The molecule has 1 atom stereocenters. The zero-order valence-corrected chi connectivity index (χ0v) is 17.5. The number of benzene rings is 3. The third-order valence-electron chi connectivity index (χ3n) is 5.75. The molecule has 0 unspecified atom stereocenters. The van der Waals surface area contributed by atoms with Gasteiger partial charge in [-0.2, -0.15) is 5.26 Å². The van der Waals surface area contributed by atoms with E-state index in [1.807, 2.05) is 42.5 Å². The Morgan fingerprint density at radius 3 is 2.66 bits per heavy atom. The van der Waals surface area contributed by atoms with E-state index < -0.39 is 5.92 Å². The van der Waals surface area contributed by atoms with E-state index in [-0.39, 0.29) is 11.5 Å². The second-order valence-corrected chi connectivity index (χ2v) is 7.38. The van der Waals surface area contributed by atoms with Crippen molar-refractivity contribution < 1.29 is 14.2 Å². The van der Waals surface area contributed by atoms with Gasteiger partial charge in [-0.15, -0.1) is 5.10 Å². The zero-order valence-electron chi connectivity index (χ0n) is 17.5. The van der Waals surface area contributed by atoms with E-state index in [1.54, 1.807) is 14.2 Å². The molecule has 1 aromatic heterocycles. The maximum atomic E-state index is 10.0. The number of nitrogens with two attached hydrogens (primary N) is 1. The maximum absolute atomic E-state index is 10.0.